The van der Waals surface area contributed by atoms with Gasteiger partial charge in [-0.25, -0.2) is 9.50 Å². The number of anilines is 1. The Morgan fingerprint density at radius 3 is 2.61 bits per heavy atom. The largest absolute Gasteiger partial charge is 0.497 e. The molecule has 6 rings (SSSR count). The molecule has 4 heterocycles. The van der Waals surface area contributed by atoms with Crippen molar-refractivity contribution in [1.82, 2.24) is 24.4 Å². The first-order valence-corrected chi connectivity index (χ1v) is 12.5. The van der Waals surface area contributed by atoms with E-state index in [9.17, 15) is 0 Å². The van der Waals surface area contributed by atoms with Crippen molar-refractivity contribution in [1.29, 1.82) is 0 Å². The number of aryl methyl sites for hydroxylation is 2. The number of fused-ring (bicyclic) bond motifs is 2. The van der Waals surface area contributed by atoms with E-state index in [1.807, 2.05) is 21.6 Å². The van der Waals surface area contributed by atoms with Crippen molar-refractivity contribution in [2.75, 3.05) is 25.1 Å². The van der Waals surface area contributed by atoms with E-state index < -0.39 is 0 Å². The molecule has 9 heteroatoms. The summed E-state index contributed by atoms with van der Waals surface area (Å²) in [6, 6.07) is 8.48. The van der Waals surface area contributed by atoms with Crippen molar-refractivity contribution >= 4 is 23.7 Å². The number of piperidine rings is 1. The Hall–Kier alpha value is -3.10. The molecule has 0 radical (unpaired) electrons. The molecule has 2 aliphatic rings. The molecule has 1 saturated heterocycles. The standard InChI is InChI=1S/C27H33N7O.ClH/c1-5-33-18(3)22(16-30-33)24-17(2)31-26(23-8-11-29-34(23)24)32-12-9-27(10-13-32)15-19-6-7-20(35-4)14-21(19)25(27)28;/h6-8,11,14,16,25H,5,9-10,12-13,15,28H2,1-4H3;1H/t25-;/m1./s1. The van der Waals surface area contributed by atoms with Crippen LogP contribution in [0, 0.1) is 19.3 Å². The molecule has 0 saturated carbocycles. The van der Waals surface area contributed by atoms with Gasteiger partial charge in [0.2, 0.25) is 0 Å². The van der Waals surface area contributed by atoms with E-state index in [-0.39, 0.29) is 23.9 Å². The van der Waals surface area contributed by atoms with Crippen LogP contribution < -0.4 is 15.4 Å². The highest BCUT2D eigenvalue weighted by molar-refractivity contribution is 5.85. The molecule has 1 atom stereocenters. The van der Waals surface area contributed by atoms with Crippen LogP contribution in [-0.4, -0.2) is 44.6 Å². The van der Waals surface area contributed by atoms with Gasteiger partial charge >= 0.3 is 0 Å². The third-order valence-corrected chi connectivity index (χ3v) is 8.31. The van der Waals surface area contributed by atoms with E-state index in [1.165, 1.54) is 11.1 Å². The molecule has 2 N–H and O–H groups in total. The van der Waals surface area contributed by atoms with Crippen molar-refractivity contribution < 1.29 is 4.74 Å². The van der Waals surface area contributed by atoms with Crippen LogP contribution in [0.3, 0.4) is 0 Å². The first kappa shape index (κ1) is 24.6. The molecular formula is C27H34ClN7O. The highest BCUT2D eigenvalue weighted by atomic mass is 35.5. The molecule has 1 aliphatic heterocycles. The van der Waals surface area contributed by atoms with Crippen LogP contribution in [0.2, 0.25) is 0 Å². The zero-order valence-corrected chi connectivity index (χ0v) is 22.2. The smallest absolute Gasteiger partial charge is 0.155 e. The van der Waals surface area contributed by atoms with E-state index in [4.69, 9.17) is 20.6 Å². The second kappa shape index (κ2) is 9.09. The predicted molar refractivity (Wildman–Crippen MR) is 144 cm³/mol. The minimum Gasteiger partial charge on any atom is -0.497 e. The van der Waals surface area contributed by atoms with Gasteiger partial charge in [-0.1, -0.05) is 6.07 Å². The van der Waals surface area contributed by atoms with Gasteiger partial charge < -0.3 is 15.4 Å². The minimum atomic E-state index is 0. The summed E-state index contributed by atoms with van der Waals surface area (Å²) in [6.07, 6.45) is 6.91. The zero-order valence-electron chi connectivity index (χ0n) is 21.4. The number of ether oxygens (including phenoxy) is 1. The fourth-order valence-corrected chi connectivity index (χ4v) is 6.23. The first-order chi connectivity index (χ1) is 17.0. The first-order valence-electron chi connectivity index (χ1n) is 12.5. The average Bonchev–Trinajstić information content (AvgIpc) is 3.56. The Balaban J connectivity index is 0.00000267. The number of hydrogen-bond donors (Lipinski definition) is 1. The normalized spacial score (nSPS) is 18.5. The van der Waals surface area contributed by atoms with Crippen molar-refractivity contribution in [2.24, 2.45) is 11.1 Å². The average molecular weight is 508 g/mol. The van der Waals surface area contributed by atoms with E-state index in [1.54, 1.807) is 7.11 Å². The van der Waals surface area contributed by atoms with E-state index in [2.05, 4.69) is 55.0 Å². The maximum absolute atomic E-state index is 6.86. The lowest BCUT2D eigenvalue weighted by Gasteiger charge is -2.42. The summed E-state index contributed by atoms with van der Waals surface area (Å²) in [6.45, 7) is 8.99. The van der Waals surface area contributed by atoms with Gasteiger partial charge in [0, 0.05) is 36.9 Å². The molecule has 1 aliphatic carbocycles. The Labute approximate surface area is 217 Å². The molecular weight excluding hydrogens is 474 g/mol. The lowest BCUT2D eigenvalue weighted by Crippen LogP contribution is -2.44. The van der Waals surface area contributed by atoms with Crippen molar-refractivity contribution in [3.05, 3.63) is 59.2 Å². The van der Waals surface area contributed by atoms with Gasteiger partial charge in [-0.15, -0.1) is 12.4 Å². The van der Waals surface area contributed by atoms with Crippen LogP contribution in [0.5, 0.6) is 5.75 Å². The monoisotopic (exact) mass is 507 g/mol. The Kier molecular flexibility index (Phi) is 6.21. The molecule has 36 heavy (non-hydrogen) atoms. The Morgan fingerprint density at radius 2 is 1.92 bits per heavy atom. The van der Waals surface area contributed by atoms with Crippen molar-refractivity contribution in [2.45, 2.75) is 52.6 Å². The molecule has 190 valence electrons. The minimum absolute atomic E-state index is 0. The van der Waals surface area contributed by atoms with Crippen LogP contribution in [0.4, 0.5) is 5.82 Å². The highest BCUT2D eigenvalue weighted by Gasteiger charge is 2.46. The lowest BCUT2D eigenvalue weighted by molar-refractivity contribution is 0.187. The summed E-state index contributed by atoms with van der Waals surface area (Å²) in [5, 5.41) is 9.24. The number of rotatable bonds is 4. The quantitative estimate of drug-likeness (QED) is 0.437. The molecule has 1 aromatic carbocycles. The number of nitrogens with zero attached hydrogens (tertiary/aromatic N) is 6. The van der Waals surface area contributed by atoms with Crippen molar-refractivity contribution in [3.8, 4) is 17.0 Å². The number of nitrogens with two attached hydrogens (primary N) is 1. The Bertz CT molecular complexity index is 1420. The summed E-state index contributed by atoms with van der Waals surface area (Å²) >= 11 is 0. The predicted octanol–water partition coefficient (Wildman–Crippen LogP) is 4.50. The van der Waals surface area contributed by atoms with Crippen molar-refractivity contribution in [3.63, 3.8) is 0 Å². The summed E-state index contributed by atoms with van der Waals surface area (Å²) in [5.74, 6) is 1.89. The van der Waals surface area contributed by atoms with Crippen LogP contribution in [0.25, 0.3) is 16.8 Å². The third-order valence-electron chi connectivity index (χ3n) is 8.31. The number of hydrogen-bond acceptors (Lipinski definition) is 6. The molecule has 1 spiro atoms. The van der Waals surface area contributed by atoms with Gasteiger partial charge in [-0.05, 0) is 74.8 Å². The van der Waals surface area contributed by atoms with Gasteiger partial charge in [0.1, 0.15) is 11.3 Å². The summed E-state index contributed by atoms with van der Waals surface area (Å²) < 4.78 is 9.51. The van der Waals surface area contributed by atoms with Crippen LogP contribution >= 0.6 is 12.4 Å². The van der Waals surface area contributed by atoms with E-state index in [0.29, 0.717) is 0 Å². The van der Waals surface area contributed by atoms with E-state index >= 15 is 0 Å². The molecule has 3 aromatic heterocycles. The van der Waals surface area contributed by atoms with Gasteiger partial charge in [0.25, 0.3) is 0 Å². The van der Waals surface area contributed by atoms with Gasteiger partial charge in [-0.3, -0.25) is 4.68 Å². The fraction of sp³-hybridized carbons (Fsp3) is 0.444. The number of benzene rings is 1. The second-order valence-corrected chi connectivity index (χ2v) is 10.0. The maximum Gasteiger partial charge on any atom is 0.155 e. The van der Waals surface area contributed by atoms with E-state index in [0.717, 1.165) is 78.6 Å². The molecule has 0 unspecified atom stereocenters. The highest BCUT2D eigenvalue weighted by Crippen LogP contribution is 2.51. The number of methoxy groups -OCH3 is 1. The molecule has 0 amide bonds. The lowest BCUT2D eigenvalue weighted by atomic mass is 9.73. The summed E-state index contributed by atoms with van der Waals surface area (Å²) in [4.78, 5) is 7.54. The van der Waals surface area contributed by atoms with Gasteiger partial charge in [0.05, 0.1) is 30.9 Å². The third kappa shape index (κ3) is 3.58. The van der Waals surface area contributed by atoms with Gasteiger partial charge in [-0.2, -0.15) is 10.2 Å². The topological polar surface area (TPSA) is 86.5 Å². The number of aromatic nitrogens is 5. The van der Waals surface area contributed by atoms with Gasteiger partial charge in [0.15, 0.2) is 5.82 Å². The Morgan fingerprint density at radius 1 is 1.14 bits per heavy atom. The second-order valence-electron chi connectivity index (χ2n) is 10.0. The molecule has 0 bridgehead atoms. The van der Waals surface area contributed by atoms with Crippen LogP contribution in [0.1, 0.15) is 48.3 Å². The molecule has 1 fully saturated rings. The SMILES string of the molecule is CCn1ncc(-c2c(C)nc(N3CCC4(CC3)Cc3ccc(OC)cc3[C@H]4N)c3ccnn23)c1C.Cl. The maximum atomic E-state index is 6.86. The molecule has 8 nitrogen and oxygen atoms in total. The summed E-state index contributed by atoms with van der Waals surface area (Å²) in [5.41, 5.74) is 14.8. The zero-order chi connectivity index (χ0) is 24.3. The molecule has 4 aromatic rings. The number of halogens is 1. The fourth-order valence-electron chi connectivity index (χ4n) is 6.23. The van der Waals surface area contributed by atoms with Crippen LogP contribution in [-0.2, 0) is 13.0 Å². The summed E-state index contributed by atoms with van der Waals surface area (Å²) in [7, 11) is 1.71. The van der Waals surface area contributed by atoms with Crippen LogP contribution in [0.15, 0.2) is 36.7 Å².